The van der Waals surface area contributed by atoms with Crippen LogP contribution in [0.5, 0.6) is 0 Å². The molecular weight excluding hydrogens is 204 g/mol. The largest absolute Gasteiger partial charge is 0.256 e. The lowest BCUT2D eigenvalue weighted by molar-refractivity contribution is 1.39. The van der Waals surface area contributed by atoms with Gasteiger partial charge in [0, 0.05) is 22.5 Å². The molecule has 0 unspecified atom stereocenters. The first-order chi connectivity index (χ1) is 7.43. The minimum absolute atomic E-state index is 0.998. The van der Waals surface area contributed by atoms with Crippen molar-refractivity contribution >= 4 is 22.4 Å². The lowest BCUT2D eigenvalue weighted by Crippen LogP contribution is -1.81. The van der Waals surface area contributed by atoms with Crippen molar-refractivity contribution in [1.29, 1.82) is 0 Å². The van der Waals surface area contributed by atoms with Gasteiger partial charge >= 0.3 is 0 Å². The maximum atomic E-state index is 4.40. The van der Waals surface area contributed by atoms with Gasteiger partial charge < -0.3 is 0 Å². The molecule has 0 aliphatic carbocycles. The topological polar surface area (TPSA) is 25.8 Å². The second-order valence-electron chi connectivity index (χ2n) is 3.30. The highest BCUT2D eigenvalue weighted by Gasteiger charge is 2.01. The van der Waals surface area contributed by atoms with E-state index in [1.807, 2.05) is 35.8 Å². The van der Waals surface area contributed by atoms with Crippen molar-refractivity contribution < 1.29 is 0 Å². The lowest BCUT2D eigenvalue weighted by atomic mass is 10.1. The molecule has 0 saturated heterocycles. The molecule has 3 rings (SSSR count). The summed E-state index contributed by atoms with van der Waals surface area (Å²) in [6.07, 6.45) is 1.87. The van der Waals surface area contributed by atoms with Gasteiger partial charge in [0.25, 0.3) is 0 Å². The summed E-state index contributed by atoms with van der Waals surface area (Å²) >= 11 is 1.46. The number of benzene rings is 1. The molecule has 72 valence electrons. The van der Waals surface area contributed by atoms with Crippen LogP contribution >= 0.6 is 11.5 Å². The minimum Gasteiger partial charge on any atom is -0.256 e. The maximum absolute atomic E-state index is 4.40. The zero-order valence-corrected chi connectivity index (χ0v) is 8.74. The molecule has 1 aromatic carbocycles. The highest BCUT2D eigenvalue weighted by Crippen LogP contribution is 2.21. The second kappa shape index (κ2) is 3.44. The van der Waals surface area contributed by atoms with Crippen LogP contribution in [0.15, 0.2) is 48.0 Å². The molecule has 0 amide bonds. The number of fused-ring (bicyclic) bond motifs is 1. The summed E-state index contributed by atoms with van der Waals surface area (Å²) in [5.74, 6) is 0. The SMILES string of the molecule is c1ccc2ncc(-c3ccsn3)cc2c1. The van der Waals surface area contributed by atoms with Crippen LogP contribution < -0.4 is 0 Å². The van der Waals surface area contributed by atoms with E-state index < -0.39 is 0 Å². The molecule has 3 aromatic rings. The summed E-state index contributed by atoms with van der Waals surface area (Å²) in [5, 5.41) is 3.13. The summed E-state index contributed by atoms with van der Waals surface area (Å²) in [6, 6.07) is 12.2. The Morgan fingerprint density at radius 3 is 2.87 bits per heavy atom. The quantitative estimate of drug-likeness (QED) is 0.618. The number of hydrogen-bond donors (Lipinski definition) is 0. The number of aromatic nitrogens is 2. The summed E-state index contributed by atoms with van der Waals surface area (Å²) in [5.41, 5.74) is 3.10. The van der Waals surface area contributed by atoms with Gasteiger partial charge in [-0.1, -0.05) is 18.2 Å². The van der Waals surface area contributed by atoms with E-state index in [4.69, 9.17) is 0 Å². The van der Waals surface area contributed by atoms with E-state index in [1.54, 1.807) is 0 Å². The van der Waals surface area contributed by atoms with Crippen molar-refractivity contribution in [2.24, 2.45) is 0 Å². The Hall–Kier alpha value is -1.74. The van der Waals surface area contributed by atoms with E-state index in [9.17, 15) is 0 Å². The average Bonchev–Trinajstić information content (AvgIpc) is 2.82. The highest BCUT2D eigenvalue weighted by atomic mass is 32.1. The van der Waals surface area contributed by atoms with Crippen LogP contribution in [-0.2, 0) is 0 Å². The molecule has 0 fully saturated rings. The number of hydrogen-bond acceptors (Lipinski definition) is 3. The fourth-order valence-electron chi connectivity index (χ4n) is 1.57. The predicted molar refractivity (Wildman–Crippen MR) is 62.9 cm³/mol. The first-order valence-electron chi connectivity index (χ1n) is 4.69. The normalized spacial score (nSPS) is 10.7. The van der Waals surface area contributed by atoms with Gasteiger partial charge in [0.05, 0.1) is 11.2 Å². The zero-order chi connectivity index (χ0) is 10.1. The first kappa shape index (κ1) is 8.56. The first-order valence-corrected chi connectivity index (χ1v) is 5.53. The van der Waals surface area contributed by atoms with Crippen molar-refractivity contribution in [3.8, 4) is 11.3 Å². The van der Waals surface area contributed by atoms with Crippen molar-refractivity contribution in [3.05, 3.63) is 48.0 Å². The standard InChI is InChI=1S/C12H8N2S/c1-2-4-11-9(3-1)7-10(8-13-11)12-5-6-15-14-12/h1-8H. The number of rotatable bonds is 1. The van der Waals surface area contributed by atoms with Gasteiger partial charge in [-0.25, -0.2) is 0 Å². The van der Waals surface area contributed by atoms with Crippen LogP contribution in [0.25, 0.3) is 22.2 Å². The molecule has 0 spiro atoms. The number of pyridine rings is 1. The molecule has 2 heterocycles. The molecule has 0 aliphatic rings. The van der Waals surface area contributed by atoms with Gasteiger partial charge in [-0.15, -0.1) is 0 Å². The van der Waals surface area contributed by atoms with Crippen LogP contribution in [0, 0.1) is 0 Å². The monoisotopic (exact) mass is 212 g/mol. The Labute approximate surface area is 91.4 Å². The van der Waals surface area contributed by atoms with E-state index in [0.717, 1.165) is 22.2 Å². The smallest absolute Gasteiger partial charge is 0.0856 e. The Morgan fingerprint density at radius 1 is 1.07 bits per heavy atom. The van der Waals surface area contributed by atoms with Crippen molar-refractivity contribution in [3.63, 3.8) is 0 Å². The van der Waals surface area contributed by atoms with Crippen LogP contribution in [0.3, 0.4) is 0 Å². The van der Waals surface area contributed by atoms with Gasteiger partial charge in [-0.2, -0.15) is 4.37 Å². The zero-order valence-electron chi connectivity index (χ0n) is 7.92. The third kappa shape index (κ3) is 1.51. The predicted octanol–water partition coefficient (Wildman–Crippen LogP) is 3.36. The van der Waals surface area contributed by atoms with Gasteiger partial charge in [0.15, 0.2) is 0 Å². The van der Waals surface area contributed by atoms with Crippen LogP contribution in [-0.4, -0.2) is 9.36 Å². The van der Waals surface area contributed by atoms with E-state index in [-0.39, 0.29) is 0 Å². The van der Waals surface area contributed by atoms with Crippen molar-refractivity contribution in [1.82, 2.24) is 9.36 Å². The van der Waals surface area contributed by atoms with Crippen LogP contribution in [0.2, 0.25) is 0 Å². The molecule has 0 atom stereocenters. The second-order valence-corrected chi connectivity index (χ2v) is 3.97. The molecule has 0 radical (unpaired) electrons. The van der Waals surface area contributed by atoms with E-state index in [1.165, 1.54) is 11.5 Å². The summed E-state index contributed by atoms with van der Waals surface area (Å²) in [4.78, 5) is 4.40. The Bertz CT molecular complexity index is 587. The van der Waals surface area contributed by atoms with Crippen LogP contribution in [0.4, 0.5) is 0 Å². The minimum atomic E-state index is 0.998. The fourth-order valence-corrected chi connectivity index (χ4v) is 2.10. The molecule has 15 heavy (non-hydrogen) atoms. The van der Waals surface area contributed by atoms with Gasteiger partial charge in [0.2, 0.25) is 0 Å². The molecule has 0 bridgehead atoms. The summed E-state index contributed by atoms with van der Waals surface area (Å²) < 4.78 is 4.29. The Morgan fingerprint density at radius 2 is 2.00 bits per heavy atom. The molecule has 0 saturated carbocycles. The third-order valence-electron chi connectivity index (χ3n) is 2.32. The fraction of sp³-hybridized carbons (Fsp3) is 0. The van der Waals surface area contributed by atoms with E-state index >= 15 is 0 Å². The summed E-state index contributed by atoms with van der Waals surface area (Å²) in [7, 11) is 0. The van der Waals surface area contributed by atoms with Crippen molar-refractivity contribution in [2.45, 2.75) is 0 Å². The van der Waals surface area contributed by atoms with Gasteiger partial charge in [-0.3, -0.25) is 4.98 Å². The van der Waals surface area contributed by atoms with Gasteiger partial charge in [0.1, 0.15) is 0 Å². The number of para-hydroxylation sites is 1. The molecule has 0 N–H and O–H groups in total. The molecule has 2 aromatic heterocycles. The Balaban J connectivity index is 2.22. The third-order valence-corrected chi connectivity index (χ3v) is 2.88. The van der Waals surface area contributed by atoms with Crippen molar-refractivity contribution in [2.75, 3.05) is 0 Å². The van der Waals surface area contributed by atoms with Gasteiger partial charge in [-0.05, 0) is 29.7 Å². The maximum Gasteiger partial charge on any atom is 0.0856 e. The van der Waals surface area contributed by atoms with E-state index in [2.05, 4.69) is 21.5 Å². The number of nitrogens with zero attached hydrogens (tertiary/aromatic N) is 2. The average molecular weight is 212 g/mol. The van der Waals surface area contributed by atoms with Crippen LogP contribution in [0.1, 0.15) is 0 Å². The molecule has 0 aliphatic heterocycles. The Kier molecular flexibility index (Phi) is 1.96. The summed E-state index contributed by atoms with van der Waals surface area (Å²) in [6.45, 7) is 0. The van der Waals surface area contributed by atoms with E-state index in [0.29, 0.717) is 0 Å². The lowest BCUT2D eigenvalue weighted by Gasteiger charge is -1.99. The highest BCUT2D eigenvalue weighted by molar-refractivity contribution is 7.03. The molecule has 3 heteroatoms. The molecular formula is C12H8N2S. The molecule has 2 nitrogen and oxygen atoms in total.